The molecule has 2 rings (SSSR count). The van der Waals surface area contributed by atoms with Gasteiger partial charge in [-0.3, -0.25) is 9.79 Å². The first-order valence-electron chi connectivity index (χ1n) is 8.61. The van der Waals surface area contributed by atoms with Crippen molar-refractivity contribution in [3.63, 3.8) is 0 Å². The van der Waals surface area contributed by atoms with Crippen LogP contribution in [-0.4, -0.2) is 56.1 Å². The van der Waals surface area contributed by atoms with Gasteiger partial charge >= 0.3 is 0 Å². The Balaban J connectivity index is 0.00000338. The molecule has 2 heterocycles. The van der Waals surface area contributed by atoms with Crippen LogP contribution in [0.1, 0.15) is 20.3 Å². The third-order valence-corrected chi connectivity index (χ3v) is 4.33. The lowest BCUT2D eigenvalue weighted by molar-refractivity contribution is -0.123. The van der Waals surface area contributed by atoms with Crippen LogP contribution in [0.4, 0.5) is 5.82 Å². The minimum Gasteiger partial charge on any atom is -0.355 e. The summed E-state index contributed by atoms with van der Waals surface area (Å²) in [6, 6.07) is 3.97. The molecule has 1 atom stereocenters. The van der Waals surface area contributed by atoms with Gasteiger partial charge in [0.1, 0.15) is 5.82 Å². The molecule has 146 valence electrons. The molecule has 9 heteroatoms. The summed E-state index contributed by atoms with van der Waals surface area (Å²) in [5, 5.41) is 10.2. The van der Waals surface area contributed by atoms with Crippen molar-refractivity contribution >= 4 is 53.3 Å². The van der Waals surface area contributed by atoms with Crippen LogP contribution in [0.25, 0.3) is 0 Å². The number of rotatable bonds is 6. The molecular weight excluding hydrogens is 467 g/mol. The topological polar surface area (TPSA) is 81.6 Å². The molecule has 1 saturated heterocycles. The second kappa shape index (κ2) is 11.4. The quantitative estimate of drug-likeness (QED) is 0.243. The van der Waals surface area contributed by atoms with Crippen molar-refractivity contribution in [1.82, 2.24) is 20.9 Å². The summed E-state index contributed by atoms with van der Waals surface area (Å²) in [6.07, 6.45) is 2.74. The zero-order valence-corrected chi connectivity index (χ0v) is 18.5. The number of amides is 1. The van der Waals surface area contributed by atoms with Crippen LogP contribution in [0.3, 0.4) is 0 Å². The van der Waals surface area contributed by atoms with E-state index in [0.717, 1.165) is 31.3 Å². The normalized spacial score (nSPS) is 17.0. The van der Waals surface area contributed by atoms with Crippen LogP contribution in [0.5, 0.6) is 0 Å². The van der Waals surface area contributed by atoms with Crippen molar-refractivity contribution in [2.45, 2.75) is 26.3 Å². The third-order valence-electron chi connectivity index (χ3n) is 4.03. The van der Waals surface area contributed by atoms with E-state index in [4.69, 9.17) is 11.6 Å². The van der Waals surface area contributed by atoms with Crippen molar-refractivity contribution in [1.29, 1.82) is 0 Å². The van der Waals surface area contributed by atoms with Crippen LogP contribution in [0, 0.1) is 5.92 Å². The average molecular weight is 495 g/mol. The number of pyridine rings is 1. The van der Waals surface area contributed by atoms with Crippen LogP contribution < -0.4 is 20.9 Å². The van der Waals surface area contributed by atoms with Crippen LogP contribution in [-0.2, 0) is 4.79 Å². The SMILES string of the molecule is CN=C(NCCNC(=O)C(C)C)NC1CCN(c2ncccc2Cl)C1.I. The van der Waals surface area contributed by atoms with Crippen molar-refractivity contribution in [3.05, 3.63) is 23.4 Å². The number of carbonyl (C=O) groups excluding carboxylic acids is 1. The molecule has 0 saturated carbocycles. The van der Waals surface area contributed by atoms with Gasteiger partial charge in [-0.15, -0.1) is 24.0 Å². The Hall–Kier alpha value is -1.29. The number of halogens is 2. The number of hydrogen-bond donors (Lipinski definition) is 3. The number of carbonyl (C=O) groups is 1. The largest absolute Gasteiger partial charge is 0.355 e. The maximum absolute atomic E-state index is 11.5. The summed E-state index contributed by atoms with van der Waals surface area (Å²) < 4.78 is 0. The summed E-state index contributed by atoms with van der Waals surface area (Å²) in [6.45, 7) is 6.67. The highest BCUT2D eigenvalue weighted by Crippen LogP contribution is 2.25. The van der Waals surface area contributed by atoms with Gasteiger partial charge < -0.3 is 20.9 Å². The van der Waals surface area contributed by atoms with Gasteiger partial charge in [0.2, 0.25) is 5.91 Å². The van der Waals surface area contributed by atoms with Gasteiger partial charge in [-0.05, 0) is 18.6 Å². The van der Waals surface area contributed by atoms with E-state index in [1.807, 2.05) is 26.0 Å². The van der Waals surface area contributed by atoms with Gasteiger partial charge in [0.15, 0.2) is 5.96 Å². The number of aromatic nitrogens is 1. The average Bonchev–Trinajstić information content (AvgIpc) is 3.05. The van der Waals surface area contributed by atoms with Gasteiger partial charge in [-0.2, -0.15) is 0 Å². The molecule has 0 spiro atoms. The summed E-state index contributed by atoms with van der Waals surface area (Å²) in [5.74, 6) is 1.62. The minimum atomic E-state index is 0. The fourth-order valence-corrected chi connectivity index (χ4v) is 2.88. The third kappa shape index (κ3) is 6.79. The summed E-state index contributed by atoms with van der Waals surface area (Å²) in [5.41, 5.74) is 0. The Bertz CT molecular complexity index is 613. The van der Waals surface area contributed by atoms with Gasteiger partial charge in [0, 0.05) is 51.4 Å². The van der Waals surface area contributed by atoms with E-state index in [0.29, 0.717) is 18.1 Å². The molecule has 7 nitrogen and oxygen atoms in total. The maximum Gasteiger partial charge on any atom is 0.222 e. The molecule has 1 aliphatic heterocycles. The Morgan fingerprint density at radius 2 is 2.15 bits per heavy atom. The second-order valence-corrected chi connectivity index (χ2v) is 6.74. The Kier molecular flexibility index (Phi) is 10.0. The molecule has 1 aromatic heterocycles. The molecule has 0 radical (unpaired) electrons. The highest BCUT2D eigenvalue weighted by molar-refractivity contribution is 14.0. The number of nitrogens with one attached hydrogen (secondary N) is 3. The van der Waals surface area contributed by atoms with E-state index in [1.54, 1.807) is 13.2 Å². The molecule has 1 aliphatic rings. The summed E-state index contributed by atoms with van der Waals surface area (Å²) >= 11 is 6.22. The first-order valence-corrected chi connectivity index (χ1v) is 8.99. The molecule has 0 bridgehead atoms. The predicted octanol–water partition coefficient (Wildman–Crippen LogP) is 1.87. The molecule has 1 amide bonds. The number of nitrogens with zero attached hydrogens (tertiary/aromatic N) is 3. The Labute approximate surface area is 177 Å². The van der Waals surface area contributed by atoms with Crippen molar-refractivity contribution in [3.8, 4) is 0 Å². The smallest absolute Gasteiger partial charge is 0.222 e. The Morgan fingerprint density at radius 3 is 2.81 bits per heavy atom. The molecule has 1 aromatic rings. The predicted molar refractivity (Wildman–Crippen MR) is 118 cm³/mol. The molecular formula is C17H28ClIN6O. The molecule has 0 aliphatic carbocycles. The maximum atomic E-state index is 11.5. The van der Waals surface area contributed by atoms with Gasteiger partial charge in [0.05, 0.1) is 5.02 Å². The van der Waals surface area contributed by atoms with E-state index >= 15 is 0 Å². The first-order chi connectivity index (χ1) is 12.0. The zero-order valence-electron chi connectivity index (χ0n) is 15.5. The highest BCUT2D eigenvalue weighted by Gasteiger charge is 2.25. The van der Waals surface area contributed by atoms with Crippen molar-refractivity contribution in [2.24, 2.45) is 10.9 Å². The minimum absolute atomic E-state index is 0. The van der Waals surface area contributed by atoms with Crippen molar-refractivity contribution < 1.29 is 4.79 Å². The van der Waals surface area contributed by atoms with E-state index in [2.05, 4.69) is 30.8 Å². The van der Waals surface area contributed by atoms with Gasteiger partial charge in [-0.1, -0.05) is 25.4 Å². The fraction of sp³-hybridized carbons (Fsp3) is 0.588. The second-order valence-electron chi connectivity index (χ2n) is 6.33. The zero-order chi connectivity index (χ0) is 18.2. The standard InChI is InChI=1S/C17H27ClN6O.HI/c1-12(2)16(25)21-8-9-22-17(19-3)23-13-6-10-24(11-13)15-14(18)5-4-7-20-15;/h4-5,7,12-13H,6,8-11H2,1-3H3,(H,21,25)(H2,19,22,23);1H. The lowest BCUT2D eigenvalue weighted by Crippen LogP contribution is -2.46. The molecule has 1 unspecified atom stereocenters. The van der Waals surface area contributed by atoms with E-state index in [1.165, 1.54) is 0 Å². The Morgan fingerprint density at radius 1 is 1.42 bits per heavy atom. The highest BCUT2D eigenvalue weighted by atomic mass is 127. The van der Waals surface area contributed by atoms with E-state index in [-0.39, 0.29) is 41.8 Å². The van der Waals surface area contributed by atoms with Crippen LogP contribution in [0.15, 0.2) is 23.3 Å². The van der Waals surface area contributed by atoms with E-state index < -0.39 is 0 Å². The number of aliphatic imine (C=N–C) groups is 1. The van der Waals surface area contributed by atoms with Crippen LogP contribution >= 0.6 is 35.6 Å². The lowest BCUT2D eigenvalue weighted by atomic mass is 10.2. The fourth-order valence-electron chi connectivity index (χ4n) is 2.64. The molecule has 0 aromatic carbocycles. The lowest BCUT2D eigenvalue weighted by Gasteiger charge is -2.20. The summed E-state index contributed by atoms with van der Waals surface area (Å²) in [7, 11) is 1.74. The van der Waals surface area contributed by atoms with Crippen molar-refractivity contribution in [2.75, 3.05) is 38.1 Å². The van der Waals surface area contributed by atoms with Gasteiger partial charge in [0.25, 0.3) is 0 Å². The number of guanidine groups is 1. The summed E-state index contributed by atoms with van der Waals surface area (Å²) in [4.78, 5) is 22.3. The van der Waals surface area contributed by atoms with E-state index in [9.17, 15) is 4.79 Å². The van der Waals surface area contributed by atoms with Crippen LogP contribution in [0.2, 0.25) is 5.02 Å². The molecule has 3 N–H and O–H groups in total. The molecule has 1 fully saturated rings. The monoisotopic (exact) mass is 494 g/mol. The number of anilines is 1. The van der Waals surface area contributed by atoms with Gasteiger partial charge in [-0.25, -0.2) is 4.98 Å². The number of hydrogen-bond acceptors (Lipinski definition) is 4. The molecule has 26 heavy (non-hydrogen) atoms. The first kappa shape index (κ1) is 22.8.